The summed E-state index contributed by atoms with van der Waals surface area (Å²) in [5, 5.41) is 13.5. The fraction of sp³-hybridized carbons (Fsp3) is 0.636. The third kappa shape index (κ3) is 1.94. The Hall–Kier alpha value is -1.38. The zero-order valence-corrected chi connectivity index (χ0v) is 9.68. The second kappa shape index (κ2) is 4.64. The Morgan fingerprint density at radius 2 is 2.19 bits per heavy atom. The molecule has 0 spiro atoms. The molecule has 0 bridgehead atoms. The molecule has 0 amide bonds. The summed E-state index contributed by atoms with van der Waals surface area (Å²) in [6.45, 7) is 5.03. The Kier molecular flexibility index (Phi) is 3.22. The smallest absolute Gasteiger partial charge is 0.127 e. The van der Waals surface area contributed by atoms with Gasteiger partial charge in [0.25, 0.3) is 0 Å². The lowest BCUT2D eigenvalue weighted by Crippen LogP contribution is -2.38. The summed E-state index contributed by atoms with van der Waals surface area (Å²) in [5.74, 6) is 0. The molecule has 0 aliphatic carbocycles. The van der Waals surface area contributed by atoms with Crippen LogP contribution in [-0.2, 0) is 11.8 Å². The van der Waals surface area contributed by atoms with Crippen LogP contribution in [0, 0.1) is 18.3 Å². The van der Waals surface area contributed by atoms with Crippen molar-refractivity contribution in [1.29, 1.82) is 5.26 Å². The molecule has 1 fully saturated rings. The van der Waals surface area contributed by atoms with Crippen molar-refractivity contribution >= 4 is 0 Å². The van der Waals surface area contributed by atoms with Crippen molar-refractivity contribution in [3.05, 3.63) is 17.5 Å². The van der Waals surface area contributed by atoms with Crippen molar-refractivity contribution in [3.63, 3.8) is 0 Å². The molecule has 2 heterocycles. The van der Waals surface area contributed by atoms with E-state index in [2.05, 4.69) is 16.1 Å². The van der Waals surface area contributed by atoms with E-state index in [0.717, 1.165) is 24.3 Å². The maximum absolute atomic E-state index is 9.30. The van der Waals surface area contributed by atoms with Gasteiger partial charge in [-0.2, -0.15) is 10.4 Å². The lowest BCUT2D eigenvalue weighted by Gasteiger charge is -2.30. The van der Waals surface area contributed by atoms with Crippen LogP contribution in [0.1, 0.15) is 17.3 Å². The number of aromatic nitrogens is 2. The molecule has 0 aromatic carbocycles. The van der Waals surface area contributed by atoms with Crippen LogP contribution >= 0.6 is 0 Å². The molecule has 1 aromatic heterocycles. The van der Waals surface area contributed by atoms with E-state index >= 15 is 0 Å². The van der Waals surface area contributed by atoms with Gasteiger partial charge in [0.1, 0.15) is 6.04 Å². The summed E-state index contributed by atoms with van der Waals surface area (Å²) in [6, 6.07) is 2.16. The first-order valence-electron chi connectivity index (χ1n) is 5.44. The van der Waals surface area contributed by atoms with Crippen LogP contribution in [0.2, 0.25) is 0 Å². The van der Waals surface area contributed by atoms with Gasteiger partial charge in [0.05, 0.1) is 25.5 Å². The average molecular weight is 220 g/mol. The molecule has 2 rings (SSSR count). The average Bonchev–Trinajstić information content (AvgIpc) is 2.64. The molecule has 1 aliphatic rings. The molecule has 1 unspecified atom stereocenters. The van der Waals surface area contributed by atoms with Crippen LogP contribution in [0.3, 0.4) is 0 Å². The van der Waals surface area contributed by atoms with Crippen molar-refractivity contribution in [1.82, 2.24) is 14.7 Å². The highest BCUT2D eigenvalue weighted by atomic mass is 16.5. The van der Waals surface area contributed by atoms with Gasteiger partial charge in [-0.3, -0.25) is 9.58 Å². The first-order chi connectivity index (χ1) is 7.74. The van der Waals surface area contributed by atoms with Crippen LogP contribution in [0.25, 0.3) is 0 Å². The first kappa shape index (κ1) is 11.1. The van der Waals surface area contributed by atoms with Gasteiger partial charge in [-0.1, -0.05) is 0 Å². The largest absolute Gasteiger partial charge is 0.379 e. The summed E-state index contributed by atoms with van der Waals surface area (Å²) < 4.78 is 7.10. The Labute approximate surface area is 95.2 Å². The second-order valence-corrected chi connectivity index (χ2v) is 3.99. The zero-order chi connectivity index (χ0) is 11.5. The van der Waals surface area contributed by atoms with Crippen LogP contribution < -0.4 is 0 Å². The third-order valence-corrected chi connectivity index (χ3v) is 3.10. The number of hydrogen-bond donors (Lipinski definition) is 0. The number of nitrogens with zero attached hydrogens (tertiary/aromatic N) is 4. The van der Waals surface area contributed by atoms with E-state index in [-0.39, 0.29) is 6.04 Å². The van der Waals surface area contributed by atoms with E-state index in [1.54, 1.807) is 10.9 Å². The normalized spacial score (nSPS) is 19.3. The van der Waals surface area contributed by atoms with Gasteiger partial charge in [0.2, 0.25) is 0 Å². The molecule has 5 heteroatoms. The fourth-order valence-corrected chi connectivity index (χ4v) is 1.97. The summed E-state index contributed by atoms with van der Waals surface area (Å²) >= 11 is 0. The molecule has 5 nitrogen and oxygen atoms in total. The monoisotopic (exact) mass is 220 g/mol. The van der Waals surface area contributed by atoms with E-state index in [1.165, 1.54) is 0 Å². The van der Waals surface area contributed by atoms with Gasteiger partial charge in [-0.05, 0) is 6.92 Å². The number of hydrogen-bond acceptors (Lipinski definition) is 4. The van der Waals surface area contributed by atoms with Crippen molar-refractivity contribution in [2.24, 2.45) is 7.05 Å². The third-order valence-electron chi connectivity index (χ3n) is 3.10. The van der Waals surface area contributed by atoms with E-state index in [1.807, 2.05) is 14.0 Å². The highest BCUT2D eigenvalue weighted by molar-refractivity contribution is 5.26. The second-order valence-electron chi connectivity index (χ2n) is 3.99. The molecule has 0 saturated carbocycles. The van der Waals surface area contributed by atoms with Crippen molar-refractivity contribution < 1.29 is 4.74 Å². The van der Waals surface area contributed by atoms with Crippen LogP contribution in [-0.4, -0.2) is 41.0 Å². The van der Waals surface area contributed by atoms with Crippen molar-refractivity contribution in [2.75, 3.05) is 26.3 Å². The molecule has 1 atom stereocenters. The fourth-order valence-electron chi connectivity index (χ4n) is 1.97. The summed E-state index contributed by atoms with van der Waals surface area (Å²) in [4.78, 5) is 2.15. The highest BCUT2D eigenvalue weighted by Crippen LogP contribution is 2.23. The lowest BCUT2D eigenvalue weighted by molar-refractivity contribution is 0.0265. The van der Waals surface area contributed by atoms with Crippen molar-refractivity contribution in [2.45, 2.75) is 13.0 Å². The van der Waals surface area contributed by atoms with Gasteiger partial charge in [-0.15, -0.1) is 0 Å². The molecule has 0 radical (unpaired) electrons. The predicted molar refractivity (Wildman–Crippen MR) is 58.7 cm³/mol. The Morgan fingerprint density at radius 1 is 1.50 bits per heavy atom. The van der Waals surface area contributed by atoms with E-state index in [0.29, 0.717) is 13.2 Å². The van der Waals surface area contributed by atoms with Gasteiger partial charge in [-0.25, -0.2) is 0 Å². The van der Waals surface area contributed by atoms with Gasteiger partial charge >= 0.3 is 0 Å². The predicted octanol–water partition coefficient (Wildman–Crippen LogP) is 0.625. The number of nitriles is 1. The minimum atomic E-state index is -0.197. The topological polar surface area (TPSA) is 54.1 Å². The van der Waals surface area contributed by atoms with Crippen LogP contribution in [0.15, 0.2) is 6.20 Å². The Morgan fingerprint density at radius 3 is 2.69 bits per heavy atom. The number of rotatable bonds is 2. The maximum atomic E-state index is 9.30. The minimum absolute atomic E-state index is 0.197. The highest BCUT2D eigenvalue weighted by Gasteiger charge is 2.25. The number of aryl methyl sites for hydroxylation is 1. The SMILES string of the molecule is Cc1c(C(C#N)N2CCOCC2)cnn1C. The molecule has 86 valence electrons. The van der Waals surface area contributed by atoms with Gasteiger partial charge < -0.3 is 4.74 Å². The first-order valence-corrected chi connectivity index (χ1v) is 5.44. The minimum Gasteiger partial charge on any atom is -0.379 e. The van der Waals surface area contributed by atoms with E-state index in [9.17, 15) is 5.26 Å². The summed E-state index contributed by atoms with van der Waals surface area (Å²) in [7, 11) is 1.90. The maximum Gasteiger partial charge on any atom is 0.127 e. The van der Waals surface area contributed by atoms with Gasteiger partial charge in [0.15, 0.2) is 0 Å². The summed E-state index contributed by atoms with van der Waals surface area (Å²) in [6.07, 6.45) is 1.79. The standard InChI is InChI=1S/C11H16N4O/c1-9-10(8-13-14(9)2)11(7-12)15-3-5-16-6-4-15/h8,11H,3-6H2,1-2H3. The lowest BCUT2D eigenvalue weighted by atomic mass is 10.1. The molecular weight excluding hydrogens is 204 g/mol. The summed E-state index contributed by atoms with van der Waals surface area (Å²) in [5.41, 5.74) is 2.06. The molecule has 0 N–H and O–H groups in total. The van der Waals surface area contributed by atoms with Gasteiger partial charge in [0, 0.05) is 31.4 Å². The molecule has 1 aliphatic heterocycles. The number of morpholine rings is 1. The number of ether oxygens (including phenoxy) is 1. The Bertz CT molecular complexity index is 401. The Balaban J connectivity index is 2.22. The quantitative estimate of drug-likeness (QED) is 0.733. The zero-order valence-electron chi connectivity index (χ0n) is 9.68. The van der Waals surface area contributed by atoms with E-state index < -0.39 is 0 Å². The van der Waals surface area contributed by atoms with Crippen LogP contribution in [0.5, 0.6) is 0 Å². The molecule has 1 saturated heterocycles. The van der Waals surface area contributed by atoms with Crippen molar-refractivity contribution in [3.8, 4) is 6.07 Å². The molecular formula is C11H16N4O. The molecule has 1 aromatic rings. The molecule has 16 heavy (non-hydrogen) atoms. The van der Waals surface area contributed by atoms with E-state index in [4.69, 9.17) is 4.74 Å². The van der Waals surface area contributed by atoms with Crippen LogP contribution in [0.4, 0.5) is 0 Å².